The van der Waals surface area contributed by atoms with Gasteiger partial charge in [-0.3, -0.25) is 0 Å². The zero-order valence-corrected chi connectivity index (χ0v) is 27.0. The highest BCUT2D eigenvalue weighted by atomic mass is 16.3. The molecule has 0 aromatic rings. The van der Waals surface area contributed by atoms with Crippen LogP contribution in [-0.4, -0.2) is 30.2 Å². The first-order valence-corrected chi connectivity index (χ1v) is 17.6. The van der Waals surface area contributed by atoms with Gasteiger partial charge in [0.1, 0.15) is 6.79 Å². The van der Waals surface area contributed by atoms with E-state index in [4.69, 9.17) is 15.0 Å². The van der Waals surface area contributed by atoms with E-state index in [1.165, 1.54) is 141 Å². The molecule has 3 nitrogen and oxygen atoms in total. The summed E-state index contributed by atoms with van der Waals surface area (Å²) in [5.41, 5.74) is 0. The molecule has 0 saturated heterocycles. The Bertz CT molecular complexity index is 558. The van der Waals surface area contributed by atoms with Crippen LogP contribution in [0.15, 0.2) is 24.3 Å². The lowest BCUT2D eigenvalue weighted by Gasteiger charge is -2.39. The zero-order chi connectivity index (χ0) is 29.5. The molecule has 0 aromatic carbocycles. The van der Waals surface area contributed by atoms with Gasteiger partial charge in [0.25, 0.3) is 0 Å². The molecule has 40 heavy (non-hydrogen) atoms. The third kappa shape index (κ3) is 20.9. The summed E-state index contributed by atoms with van der Waals surface area (Å²) in [4.78, 5) is 8.00. The van der Waals surface area contributed by atoms with Crippen molar-refractivity contribution in [1.29, 1.82) is 0 Å². The molecule has 0 aromatic heterocycles. The monoisotopic (exact) mass is 563 g/mol. The molecule has 0 radical (unpaired) electrons. The predicted octanol–water partition coefficient (Wildman–Crippen LogP) is 10.8. The second kappa shape index (κ2) is 31.0. The molecule has 0 bridgehead atoms. The molecule has 0 amide bonds. The standard InChI is InChI=1S/C36H68O2.CH2O/c1-3-5-7-14-21-27-35-33(25-19-6-4-2)29-30-34(26-20-15-10-8-12-17-23-31-37)36(35)28-22-16-11-9-13-18-24-32-38;1-2/h21,27,29-30,33-38H,3-20,22-26,28,31-32H2,1-2H3;1H2/b27-21+;. The van der Waals surface area contributed by atoms with E-state index in [1.54, 1.807) is 0 Å². The maximum Gasteiger partial charge on any atom is 0.106 e. The van der Waals surface area contributed by atoms with E-state index < -0.39 is 0 Å². The van der Waals surface area contributed by atoms with Crippen LogP contribution in [-0.2, 0) is 4.79 Å². The molecule has 4 unspecified atom stereocenters. The highest BCUT2D eigenvalue weighted by Crippen LogP contribution is 2.43. The number of hydrogen-bond donors (Lipinski definition) is 2. The Kier molecular flexibility index (Phi) is 30.3. The van der Waals surface area contributed by atoms with Gasteiger partial charge in [0.05, 0.1) is 0 Å². The fraction of sp³-hybridized carbons (Fsp3) is 0.865. The van der Waals surface area contributed by atoms with E-state index in [0.29, 0.717) is 13.2 Å². The van der Waals surface area contributed by atoms with Crippen molar-refractivity contribution in [3.63, 3.8) is 0 Å². The average Bonchev–Trinajstić information content (AvgIpc) is 2.98. The Morgan fingerprint density at radius 3 is 1.52 bits per heavy atom. The summed E-state index contributed by atoms with van der Waals surface area (Å²) >= 11 is 0. The molecule has 2 N–H and O–H groups in total. The number of aliphatic hydroxyl groups excluding tert-OH is 2. The minimum Gasteiger partial charge on any atom is -0.396 e. The first-order chi connectivity index (χ1) is 19.8. The normalized spacial score (nSPS) is 20.6. The predicted molar refractivity (Wildman–Crippen MR) is 176 cm³/mol. The number of rotatable bonds is 27. The van der Waals surface area contributed by atoms with Crippen molar-refractivity contribution in [2.45, 2.75) is 168 Å². The van der Waals surface area contributed by atoms with Gasteiger partial charge in [-0.15, -0.1) is 0 Å². The van der Waals surface area contributed by atoms with Crippen molar-refractivity contribution >= 4 is 6.79 Å². The van der Waals surface area contributed by atoms with Gasteiger partial charge >= 0.3 is 0 Å². The van der Waals surface area contributed by atoms with E-state index in [2.05, 4.69) is 38.2 Å². The third-order valence-electron chi connectivity index (χ3n) is 9.01. The van der Waals surface area contributed by atoms with E-state index in [0.717, 1.165) is 36.5 Å². The second-order valence-electron chi connectivity index (χ2n) is 12.3. The lowest BCUT2D eigenvalue weighted by atomic mass is 9.66. The molecular formula is C37H70O3. The highest BCUT2D eigenvalue weighted by molar-refractivity contribution is 5.11. The molecule has 4 atom stereocenters. The zero-order valence-electron chi connectivity index (χ0n) is 27.0. The van der Waals surface area contributed by atoms with Crippen molar-refractivity contribution < 1.29 is 15.0 Å². The largest absolute Gasteiger partial charge is 0.396 e. The van der Waals surface area contributed by atoms with Crippen LogP contribution >= 0.6 is 0 Å². The van der Waals surface area contributed by atoms with Crippen LogP contribution in [0.1, 0.15) is 168 Å². The van der Waals surface area contributed by atoms with Crippen molar-refractivity contribution in [3.8, 4) is 0 Å². The molecule has 236 valence electrons. The molecule has 0 aliphatic heterocycles. The van der Waals surface area contributed by atoms with Gasteiger partial charge in [-0.25, -0.2) is 0 Å². The number of carbonyl (C=O) groups is 1. The van der Waals surface area contributed by atoms with Crippen LogP contribution in [0, 0.1) is 23.7 Å². The fourth-order valence-corrected chi connectivity index (χ4v) is 6.60. The molecule has 1 aliphatic rings. The minimum atomic E-state index is 0.354. The van der Waals surface area contributed by atoms with Gasteiger partial charge in [0.15, 0.2) is 0 Å². The van der Waals surface area contributed by atoms with Gasteiger partial charge in [0.2, 0.25) is 0 Å². The third-order valence-corrected chi connectivity index (χ3v) is 9.01. The van der Waals surface area contributed by atoms with E-state index >= 15 is 0 Å². The topological polar surface area (TPSA) is 57.5 Å². The fourth-order valence-electron chi connectivity index (χ4n) is 6.60. The molecule has 1 rings (SSSR count). The van der Waals surface area contributed by atoms with Crippen LogP contribution in [0.25, 0.3) is 0 Å². The van der Waals surface area contributed by atoms with Gasteiger partial charge < -0.3 is 15.0 Å². The van der Waals surface area contributed by atoms with Crippen molar-refractivity contribution in [3.05, 3.63) is 24.3 Å². The maximum absolute atomic E-state index is 9.01. The Morgan fingerprint density at radius 1 is 0.550 bits per heavy atom. The number of aliphatic hydroxyl groups is 2. The molecule has 0 spiro atoms. The molecule has 0 heterocycles. The van der Waals surface area contributed by atoms with Crippen LogP contribution in [0.4, 0.5) is 0 Å². The summed E-state index contributed by atoms with van der Waals surface area (Å²) in [6.07, 6.45) is 41.9. The smallest absolute Gasteiger partial charge is 0.106 e. The Balaban J connectivity index is 0.00000742. The number of carbonyl (C=O) groups excluding carboxylic acids is 1. The summed E-state index contributed by atoms with van der Waals surface area (Å²) in [5.74, 6) is 3.08. The number of unbranched alkanes of at least 4 members (excludes halogenated alkanes) is 17. The van der Waals surface area contributed by atoms with Crippen LogP contribution < -0.4 is 0 Å². The first kappa shape index (κ1) is 39.1. The summed E-state index contributed by atoms with van der Waals surface area (Å²) < 4.78 is 0. The summed E-state index contributed by atoms with van der Waals surface area (Å²) in [6, 6.07) is 0. The number of allylic oxidation sites excluding steroid dienone is 4. The van der Waals surface area contributed by atoms with Crippen molar-refractivity contribution in [2.24, 2.45) is 23.7 Å². The SMILES string of the molecule is C=O.CCCCC/C=C/C1C(CCCCC)C=CC(CCCCCCCCCO)C1CCCCCCCCCO. The van der Waals surface area contributed by atoms with Gasteiger partial charge in [0, 0.05) is 13.2 Å². The maximum atomic E-state index is 9.01. The van der Waals surface area contributed by atoms with E-state index in [9.17, 15) is 0 Å². The molecule has 1 aliphatic carbocycles. The number of hydrogen-bond acceptors (Lipinski definition) is 3. The Morgan fingerprint density at radius 2 is 0.975 bits per heavy atom. The van der Waals surface area contributed by atoms with Gasteiger partial charge in [-0.05, 0) is 68.6 Å². The second-order valence-corrected chi connectivity index (χ2v) is 12.3. The molecular weight excluding hydrogens is 492 g/mol. The Hall–Kier alpha value is -0.930. The van der Waals surface area contributed by atoms with Gasteiger partial charge in [-0.2, -0.15) is 0 Å². The first-order valence-electron chi connectivity index (χ1n) is 17.6. The molecule has 0 saturated carbocycles. The molecule has 0 fully saturated rings. The average molecular weight is 563 g/mol. The van der Waals surface area contributed by atoms with E-state index in [1.807, 2.05) is 6.79 Å². The highest BCUT2D eigenvalue weighted by Gasteiger charge is 2.33. The lowest BCUT2D eigenvalue weighted by molar-refractivity contribution is -0.0980. The van der Waals surface area contributed by atoms with Crippen LogP contribution in [0.5, 0.6) is 0 Å². The van der Waals surface area contributed by atoms with Crippen molar-refractivity contribution in [1.82, 2.24) is 0 Å². The van der Waals surface area contributed by atoms with Crippen molar-refractivity contribution in [2.75, 3.05) is 13.2 Å². The molecule has 3 heteroatoms. The van der Waals surface area contributed by atoms with E-state index in [-0.39, 0.29) is 0 Å². The van der Waals surface area contributed by atoms with Crippen LogP contribution in [0.2, 0.25) is 0 Å². The van der Waals surface area contributed by atoms with Gasteiger partial charge in [-0.1, -0.05) is 147 Å². The minimum absolute atomic E-state index is 0.354. The summed E-state index contributed by atoms with van der Waals surface area (Å²) in [5, 5.41) is 18.0. The Labute approximate surface area is 250 Å². The summed E-state index contributed by atoms with van der Waals surface area (Å²) in [7, 11) is 0. The summed E-state index contributed by atoms with van der Waals surface area (Å²) in [6.45, 7) is 7.35. The quantitative estimate of drug-likeness (QED) is 0.0773. The lowest BCUT2D eigenvalue weighted by Crippen LogP contribution is -2.30. The van der Waals surface area contributed by atoms with Crippen LogP contribution in [0.3, 0.4) is 0 Å².